The van der Waals surface area contributed by atoms with Gasteiger partial charge in [0.25, 0.3) is 0 Å². The van der Waals surface area contributed by atoms with Gasteiger partial charge in [-0.3, -0.25) is 0 Å². The Morgan fingerprint density at radius 1 is 1.00 bits per heavy atom. The van der Waals surface area contributed by atoms with Gasteiger partial charge in [-0.25, -0.2) is 0 Å². The Morgan fingerprint density at radius 3 is 1.75 bits per heavy atom. The van der Waals surface area contributed by atoms with E-state index in [4.69, 9.17) is 0 Å². The molecule has 0 spiro atoms. The molecule has 2 atom stereocenters. The Morgan fingerprint density at radius 2 is 1.50 bits per heavy atom. The third-order valence-corrected chi connectivity index (χ3v) is 3.44. The lowest BCUT2D eigenvalue weighted by Crippen LogP contribution is -2.39. The van der Waals surface area contributed by atoms with Crippen molar-refractivity contribution in [2.75, 3.05) is 0 Å². The third-order valence-electron chi connectivity index (χ3n) is 3.44. The maximum Gasteiger partial charge on any atom is -0.0360 e. The van der Waals surface area contributed by atoms with E-state index in [2.05, 4.69) is 6.92 Å². The molecule has 0 aliphatic heterocycles. The van der Waals surface area contributed by atoms with Gasteiger partial charge >= 0.3 is 0 Å². The molecule has 3 saturated carbocycles. The summed E-state index contributed by atoms with van der Waals surface area (Å²) in [6.45, 7) is 2.36. The minimum absolute atomic E-state index is 0. The van der Waals surface area contributed by atoms with Gasteiger partial charge in [-0.1, -0.05) is 54.9 Å². The fourth-order valence-corrected chi connectivity index (χ4v) is 2.90. The summed E-state index contributed by atoms with van der Waals surface area (Å²) in [5.41, 5.74) is 0. The molecule has 0 aromatic heterocycles. The van der Waals surface area contributed by atoms with Crippen molar-refractivity contribution in [2.45, 2.75) is 61.3 Å². The third kappa shape index (κ3) is 2.02. The van der Waals surface area contributed by atoms with E-state index in [1.54, 1.807) is 19.3 Å². The largest absolute Gasteiger partial charge is 0.0776 e. The topological polar surface area (TPSA) is 0 Å². The Labute approximate surface area is 79.8 Å². The second-order valence-electron chi connectivity index (χ2n) is 3.76. The summed E-state index contributed by atoms with van der Waals surface area (Å²) < 4.78 is 0. The second kappa shape index (κ2) is 5.61. The highest BCUT2D eigenvalue weighted by Gasteiger charge is 2.41. The monoisotopic (exact) mass is 172 g/mol. The molecule has 0 saturated heterocycles. The number of hydrogen-bond donors (Lipinski definition) is 0. The molecule has 0 heterocycles. The lowest BCUT2D eigenvalue weighted by Gasteiger charge is -2.49. The zero-order chi connectivity index (χ0) is 6.27. The van der Waals surface area contributed by atoms with Gasteiger partial charge < -0.3 is 0 Å². The molecule has 2 unspecified atom stereocenters. The Kier molecular flexibility index (Phi) is 6.79. The average molecular weight is 172 g/mol. The maximum atomic E-state index is 2.36. The van der Waals surface area contributed by atoms with Crippen molar-refractivity contribution in [3.05, 3.63) is 0 Å². The number of rotatable bonds is 1. The fraction of sp³-hybridized carbons (Fsp3) is 1.00. The summed E-state index contributed by atoms with van der Waals surface area (Å²) in [5, 5.41) is 0. The van der Waals surface area contributed by atoms with E-state index < -0.39 is 0 Å². The number of hydrogen-bond acceptors (Lipinski definition) is 0. The van der Waals surface area contributed by atoms with Gasteiger partial charge in [0.2, 0.25) is 0 Å². The van der Waals surface area contributed by atoms with Gasteiger partial charge in [-0.2, -0.15) is 0 Å². The zero-order valence-corrected chi connectivity index (χ0v) is 6.27. The Balaban J connectivity index is 0. The molecule has 0 amide bonds. The van der Waals surface area contributed by atoms with Gasteiger partial charge in [0.05, 0.1) is 0 Å². The molecule has 0 aromatic carbocycles. The van der Waals surface area contributed by atoms with E-state index in [0.29, 0.717) is 0 Å². The van der Waals surface area contributed by atoms with Gasteiger partial charge in [0.1, 0.15) is 0 Å². The highest BCUT2D eigenvalue weighted by Crippen LogP contribution is 2.51. The summed E-state index contributed by atoms with van der Waals surface area (Å²) in [6, 6.07) is 0. The van der Waals surface area contributed by atoms with E-state index in [0.717, 1.165) is 17.8 Å². The van der Waals surface area contributed by atoms with Crippen molar-refractivity contribution in [2.24, 2.45) is 17.8 Å². The minimum atomic E-state index is 0. The normalized spacial score (nSPS) is 36.2. The van der Waals surface area contributed by atoms with Crippen LogP contribution in [0.4, 0.5) is 0 Å². The summed E-state index contributed by atoms with van der Waals surface area (Å²) in [4.78, 5) is 0. The molecule has 0 radical (unpaired) electrons. The summed E-state index contributed by atoms with van der Waals surface area (Å²) >= 11 is 0. The van der Waals surface area contributed by atoms with Crippen molar-refractivity contribution in [1.82, 2.24) is 0 Å². The van der Waals surface area contributed by atoms with E-state index in [1.165, 1.54) is 12.8 Å². The molecule has 3 aliphatic carbocycles. The highest BCUT2D eigenvalue weighted by atomic mass is 14.5. The molecule has 3 fully saturated rings. The summed E-state index contributed by atoms with van der Waals surface area (Å²) in [7, 11) is 0. The highest BCUT2D eigenvalue weighted by molar-refractivity contribution is 4.91. The standard InChI is InChI=1S/C9H16.3CH4/c1-2-9-7-4-3-5-8(9)6-7;;;/h7-9H,2-6H2,1H3;3*1H4. The van der Waals surface area contributed by atoms with Gasteiger partial charge in [-0.15, -0.1) is 0 Å². The van der Waals surface area contributed by atoms with Crippen LogP contribution in [-0.2, 0) is 0 Å². The molecular weight excluding hydrogens is 144 g/mol. The molecule has 3 aliphatic rings. The SMILES string of the molecule is C.C.C.CCC1C2CCCC1C2. The van der Waals surface area contributed by atoms with Crippen LogP contribution in [0.5, 0.6) is 0 Å². The first kappa shape index (κ1) is 14.5. The van der Waals surface area contributed by atoms with E-state index in [-0.39, 0.29) is 22.3 Å². The maximum absolute atomic E-state index is 2.36. The summed E-state index contributed by atoms with van der Waals surface area (Å²) in [6.07, 6.45) is 7.67. The lowest BCUT2D eigenvalue weighted by atomic mass is 9.56. The molecule has 12 heavy (non-hydrogen) atoms. The molecular formula is C12H28. The molecule has 0 N–H and O–H groups in total. The smallest absolute Gasteiger partial charge is 0.0360 e. The zero-order valence-electron chi connectivity index (χ0n) is 6.27. The lowest BCUT2D eigenvalue weighted by molar-refractivity contribution is 0.0119. The second-order valence-corrected chi connectivity index (χ2v) is 3.76. The van der Waals surface area contributed by atoms with Crippen molar-refractivity contribution in [3.63, 3.8) is 0 Å². The van der Waals surface area contributed by atoms with Crippen LogP contribution < -0.4 is 0 Å². The van der Waals surface area contributed by atoms with Gasteiger partial charge in [0.15, 0.2) is 0 Å². The Hall–Kier alpha value is 0. The molecule has 0 heteroatoms. The first-order chi connectivity index (χ1) is 4.42. The quantitative estimate of drug-likeness (QED) is 0.536. The van der Waals surface area contributed by atoms with Crippen molar-refractivity contribution >= 4 is 0 Å². The van der Waals surface area contributed by atoms with Crippen LogP contribution in [0.25, 0.3) is 0 Å². The van der Waals surface area contributed by atoms with Crippen LogP contribution in [0.3, 0.4) is 0 Å². The van der Waals surface area contributed by atoms with Crippen molar-refractivity contribution in [3.8, 4) is 0 Å². The first-order valence-corrected chi connectivity index (χ1v) is 4.42. The van der Waals surface area contributed by atoms with Gasteiger partial charge in [0, 0.05) is 0 Å². The predicted octanol–water partition coefficient (Wildman–Crippen LogP) is 4.74. The van der Waals surface area contributed by atoms with Crippen LogP contribution in [0.2, 0.25) is 0 Å². The van der Waals surface area contributed by atoms with E-state index >= 15 is 0 Å². The van der Waals surface area contributed by atoms with E-state index in [1.807, 2.05) is 0 Å². The molecule has 2 bridgehead atoms. The van der Waals surface area contributed by atoms with Crippen molar-refractivity contribution in [1.29, 1.82) is 0 Å². The minimum Gasteiger partial charge on any atom is -0.0776 e. The molecule has 0 aromatic rings. The average Bonchev–Trinajstić information content (AvgIpc) is 1.90. The molecule has 3 rings (SSSR count). The molecule has 76 valence electrons. The van der Waals surface area contributed by atoms with Crippen LogP contribution >= 0.6 is 0 Å². The van der Waals surface area contributed by atoms with Crippen LogP contribution in [-0.4, -0.2) is 0 Å². The van der Waals surface area contributed by atoms with Gasteiger partial charge in [-0.05, 0) is 24.2 Å². The Bertz CT molecular complexity index is 92.6. The fourth-order valence-electron chi connectivity index (χ4n) is 2.90. The van der Waals surface area contributed by atoms with Crippen LogP contribution in [0, 0.1) is 17.8 Å². The van der Waals surface area contributed by atoms with Crippen LogP contribution in [0.1, 0.15) is 61.3 Å². The van der Waals surface area contributed by atoms with E-state index in [9.17, 15) is 0 Å². The van der Waals surface area contributed by atoms with Crippen LogP contribution in [0.15, 0.2) is 0 Å². The van der Waals surface area contributed by atoms with Crippen molar-refractivity contribution < 1.29 is 0 Å². The number of fused-ring (bicyclic) bond motifs is 2. The predicted molar refractivity (Wildman–Crippen MR) is 59.4 cm³/mol. The first-order valence-electron chi connectivity index (χ1n) is 4.42. The molecule has 0 nitrogen and oxygen atoms in total. The summed E-state index contributed by atoms with van der Waals surface area (Å²) in [5.74, 6) is 3.47.